The summed E-state index contributed by atoms with van der Waals surface area (Å²) in [5.41, 5.74) is -1.22. The molecule has 0 amide bonds. The van der Waals surface area contributed by atoms with E-state index >= 15 is 0 Å². The summed E-state index contributed by atoms with van der Waals surface area (Å²) in [4.78, 5) is 12.0. The van der Waals surface area contributed by atoms with Crippen molar-refractivity contribution in [1.29, 1.82) is 0 Å². The maximum atomic E-state index is 12.0. The number of fused-ring (bicyclic) bond motifs is 2. The highest BCUT2D eigenvalue weighted by Gasteiger charge is 2.53. The van der Waals surface area contributed by atoms with Crippen molar-refractivity contribution in [3.63, 3.8) is 0 Å². The highest BCUT2D eigenvalue weighted by molar-refractivity contribution is 5.79. The molecule has 0 spiro atoms. The van der Waals surface area contributed by atoms with Gasteiger partial charge in [0.15, 0.2) is 5.60 Å². The number of rotatable bonds is 5. The van der Waals surface area contributed by atoms with Crippen LogP contribution in [0.5, 0.6) is 0 Å². The van der Waals surface area contributed by atoms with Gasteiger partial charge in [0.1, 0.15) is 0 Å². The molecule has 2 bridgehead atoms. The average Bonchev–Trinajstić information content (AvgIpc) is 2.91. The number of hydrogen-bond acceptors (Lipinski definition) is 3. The van der Waals surface area contributed by atoms with Crippen molar-refractivity contribution in [3.05, 3.63) is 0 Å². The van der Waals surface area contributed by atoms with Crippen LogP contribution in [0.1, 0.15) is 52.4 Å². The lowest BCUT2D eigenvalue weighted by Crippen LogP contribution is -2.49. The number of aliphatic hydroxyl groups is 1. The molecule has 0 aromatic rings. The van der Waals surface area contributed by atoms with E-state index in [1.54, 1.807) is 6.92 Å². The Morgan fingerprint density at radius 2 is 2.12 bits per heavy atom. The molecule has 3 heteroatoms. The van der Waals surface area contributed by atoms with Crippen molar-refractivity contribution < 1.29 is 14.6 Å². The Morgan fingerprint density at radius 1 is 1.35 bits per heavy atom. The minimum atomic E-state index is -1.22. The average molecular weight is 240 g/mol. The second kappa shape index (κ2) is 4.97. The summed E-state index contributed by atoms with van der Waals surface area (Å²) in [6.07, 6.45) is 6.05. The van der Waals surface area contributed by atoms with Crippen LogP contribution in [-0.4, -0.2) is 23.3 Å². The maximum absolute atomic E-state index is 12.0. The first-order valence-corrected chi connectivity index (χ1v) is 7.01. The van der Waals surface area contributed by atoms with Crippen LogP contribution in [0.4, 0.5) is 0 Å². The topological polar surface area (TPSA) is 46.5 Å². The van der Waals surface area contributed by atoms with Crippen molar-refractivity contribution in [2.24, 2.45) is 17.8 Å². The molecule has 17 heavy (non-hydrogen) atoms. The molecule has 0 aromatic carbocycles. The van der Waals surface area contributed by atoms with Gasteiger partial charge in [0, 0.05) is 5.92 Å². The molecule has 4 atom stereocenters. The molecular weight excluding hydrogens is 216 g/mol. The fourth-order valence-electron chi connectivity index (χ4n) is 3.91. The van der Waals surface area contributed by atoms with Crippen molar-refractivity contribution in [3.8, 4) is 0 Å². The molecule has 2 aliphatic carbocycles. The highest BCUT2D eigenvalue weighted by Crippen LogP contribution is 2.53. The summed E-state index contributed by atoms with van der Waals surface area (Å²) in [7, 11) is 0. The van der Waals surface area contributed by atoms with Gasteiger partial charge in [-0.15, -0.1) is 0 Å². The van der Waals surface area contributed by atoms with Crippen molar-refractivity contribution in [1.82, 2.24) is 0 Å². The maximum Gasteiger partial charge on any atom is 0.338 e. The Balaban J connectivity index is 2.13. The Kier molecular flexibility index (Phi) is 3.76. The van der Waals surface area contributed by atoms with Crippen molar-refractivity contribution in [2.75, 3.05) is 6.61 Å². The first-order chi connectivity index (χ1) is 8.11. The van der Waals surface area contributed by atoms with E-state index in [1.165, 1.54) is 19.3 Å². The molecule has 0 radical (unpaired) electrons. The number of esters is 1. The Hall–Kier alpha value is -0.570. The van der Waals surface area contributed by atoms with Crippen LogP contribution in [0.15, 0.2) is 0 Å². The van der Waals surface area contributed by atoms with E-state index < -0.39 is 5.60 Å². The smallest absolute Gasteiger partial charge is 0.338 e. The molecule has 2 aliphatic rings. The first kappa shape index (κ1) is 12.9. The zero-order valence-electron chi connectivity index (χ0n) is 10.9. The molecule has 0 heterocycles. The number of carbonyl (C=O) groups is 1. The summed E-state index contributed by atoms with van der Waals surface area (Å²) < 4.78 is 5.09. The number of carbonyl (C=O) groups excluding carboxylic acids is 1. The molecule has 98 valence electrons. The Labute approximate surface area is 104 Å². The van der Waals surface area contributed by atoms with Gasteiger partial charge in [0.2, 0.25) is 0 Å². The standard InChI is InChI=1S/C14H24O3/c1-3-7-14(16,13(15)17-4-2)12-9-10-5-6-11(12)8-10/h10-12,16H,3-9H2,1-2H3. The lowest BCUT2D eigenvalue weighted by molar-refractivity contribution is -0.175. The summed E-state index contributed by atoms with van der Waals surface area (Å²) in [5, 5.41) is 10.8. The third-order valence-electron chi connectivity index (χ3n) is 4.61. The third-order valence-corrected chi connectivity index (χ3v) is 4.61. The zero-order chi connectivity index (χ0) is 12.5. The summed E-state index contributed by atoms with van der Waals surface area (Å²) >= 11 is 0. The SMILES string of the molecule is CCCC(O)(C(=O)OCC)C1CC2CCC1C2. The van der Waals surface area contributed by atoms with Crippen LogP contribution in [0.25, 0.3) is 0 Å². The largest absolute Gasteiger partial charge is 0.464 e. The minimum absolute atomic E-state index is 0.139. The molecule has 0 aliphatic heterocycles. The van der Waals surface area contributed by atoms with Crippen LogP contribution in [-0.2, 0) is 9.53 Å². The molecule has 2 rings (SSSR count). The second-order valence-electron chi connectivity index (χ2n) is 5.68. The third kappa shape index (κ3) is 2.22. The molecule has 2 saturated carbocycles. The van der Waals surface area contributed by atoms with E-state index in [-0.39, 0.29) is 11.9 Å². The van der Waals surface area contributed by atoms with Gasteiger partial charge in [-0.1, -0.05) is 19.8 Å². The Morgan fingerprint density at radius 3 is 2.59 bits per heavy atom. The lowest BCUT2D eigenvalue weighted by atomic mass is 9.74. The van der Waals surface area contributed by atoms with E-state index in [0.29, 0.717) is 18.9 Å². The summed E-state index contributed by atoms with van der Waals surface area (Å²) in [6.45, 7) is 4.16. The molecular formula is C14H24O3. The van der Waals surface area contributed by atoms with Gasteiger partial charge in [-0.2, -0.15) is 0 Å². The molecule has 3 nitrogen and oxygen atoms in total. The van der Waals surface area contributed by atoms with Crippen molar-refractivity contribution in [2.45, 2.75) is 58.0 Å². The number of hydrogen-bond donors (Lipinski definition) is 1. The fraction of sp³-hybridized carbons (Fsp3) is 0.929. The van der Waals surface area contributed by atoms with Gasteiger partial charge in [-0.25, -0.2) is 4.79 Å². The minimum Gasteiger partial charge on any atom is -0.464 e. The van der Waals surface area contributed by atoms with E-state index in [1.807, 2.05) is 6.92 Å². The van der Waals surface area contributed by atoms with Gasteiger partial charge in [0.25, 0.3) is 0 Å². The van der Waals surface area contributed by atoms with Crippen molar-refractivity contribution >= 4 is 5.97 Å². The molecule has 0 aromatic heterocycles. The summed E-state index contributed by atoms with van der Waals surface area (Å²) in [5.74, 6) is 1.03. The van der Waals surface area contributed by atoms with Crippen LogP contribution >= 0.6 is 0 Å². The van der Waals surface area contributed by atoms with Crippen LogP contribution in [0.3, 0.4) is 0 Å². The lowest BCUT2D eigenvalue weighted by Gasteiger charge is -2.36. The monoisotopic (exact) mass is 240 g/mol. The molecule has 1 N–H and O–H groups in total. The molecule has 2 fully saturated rings. The second-order valence-corrected chi connectivity index (χ2v) is 5.68. The Bertz CT molecular complexity index is 289. The quantitative estimate of drug-likeness (QED) is 0.751. The van der Waals surface area contributed by atoms with Gasteiger partial charge in [-0.3, -0.25) is 0 Å². The number of ether oxygens (including phenoxy) is 1. The zero-order valence-corrected chi connectivity index (χ0v) is 10.9. The van der Waals surface area contributed by atoms with E-state index in [0.717, 1.165) is 18.8 Å². The highest BCUT2D eigenvalue weighted by atomic mass is 16.5. The predicted molar refractivity (Wildman–Crippen MR) is 65.4 cm³/mol. The molecule has 4 unspecified atom stereocenters. The van der Waals surface area contributed by atoms with Crippen LogP contribution in [0.2, 0.25) is 0 Å². The predicted octanol–water partition coefficient (Wildman–Crippen LogP) is 2.52. The summed E-state index contributed by atoms with van der Waals surface area (Å²) in [6, 6.07) is 0. The van der Waals surface area contributed by atoms with E-state index in [2.05, 4.69) is 0 Å². The van der Waals surface area contributed by atoms with Gasteiger partial charge in [0.05, 0.1) is 6.61 Å². The normalized spacial score (nSPS) is 34.6. The van der Waals surface area contributed by atoms with E-state index in [9.17, 15) is 9.90 Å². The van der Waals surface area contributed by atoms with Gasteiger partial charge < -0.3 is 9.84 Å². The van der Waals surface area contributed by atoms with E-state index in [4.69, 9.17) is 4.74 Å². The van der Waals surface area contributed by atoms with Gasteiger partial charge >= 0.3 is 5.97 Å². The van der Waals surface area contributed by atoms with Gasteiger partial charge in [-0.05, 0) is 44.4 Å². The van der Waals surface area contributed by atoms with Crippen LogP contribution in [0, 0.1) is 17.8 Å². The fourth-order valence-corrected chi connectivity index (χ4v) is 3.91. The molecule has 0 saturated heterocycles. The first-order valence-electron chi connectivity index (χ1n) is 7.01. The van der Waals surface area contributed by atoms with Crippen LogP contribution < -0.4 is 0 Å².